The molecule has 1 saturated carbocycles. The van der Waals surface area contributed by atoms with Gasteiger partial charge in [-0.15, -0.1) is 0 Å². The summed E-state index contributed by atoms with van der Waals surface area (Å²) in [6.07, 6.45) is 5.17. The molecule has 0 N–H and O–H groups in total. The van der Waals surface area contributed by atoms with Crippen molar-refractivity contribution in [3.05, 3.63) is 81.3 Å². The highest BCUT2D eigenvalue weighted by molar-refractivity contribution is 6.43. The maximum atomic E-state index is 12.5. The molecule has 0 aliphatic heterocycles. The monoisotopic (exact) mass is 474 g/mol. The molecule has 31 heavy (non-hydrogen) atoms. The van der Waals surface area contributed by atoms with Crippen molar-refractivity contribution in [2.75, 3.05) is 6.61 Å². The van der Waals surface area contributed by atoms with E-state index in [9.17, 15) is 4.79 Å². The van der Waals surface area contributed by atoms with Crippen molar-refractivity contribution in [2.45, 2.75) is 25.7 Å². The fourth-order valence-corrected chi connectivity index (χ4v) is 4.25. The van der Waals surface area contributed by atoms with E-state index < -0.39 is 5.97 Å². The Labute approximate surface area is 196 Å². The second-order valence-corrected chi connectivity index (χ2v) is 8.87. The Morgan fingerprint density at radius 2 is 1.39 bits per heavy atom. The van der Waals surface area contributed by atoms with Gasteiger partial charge < -0.3 is 9.47 Å². The first-order valence-corrected chi connectivity index (χ1v) is 11.3. The van der Waals surface area contributed by atoms with Gasteiger partial charge in [0.05, 0.1) is 27.2 Å². The zero-order chi connectivity index (χ0) is 21.8. The summed E-state index contributed by atoms with van der Waals surface area (Å²) in [6.45, 7) is 0.791. The number of ether oxygens (including phenoxy) is 2. The van der Waals surface area contributed by atoms with Crippen LogP contribution >= 0.6 is 34.8 Å². The third-order valence-corrected chi connectivity index (χ3v) is 6.46. The van der Waals surface area contributed by atoms with E-state index in [-0.39, 0.29) is 15.8 Å². The predicted molar refractivity (Wildman–Crippen MR) is 126 cm³/mol. The fraction of sp³-hybridized carbons (Fsp3) is 0.240. The fourth-order valence-electron chi connectivity index (χ4n) is 3.67. The molecule has 0 heterocycles. The predicted octanol–water partition coefficient (Wildman–Crippen LogP) is 8.10. The van der Waals surface area contributed by atoms with Crippen molar-refractivity contribution in [1.29, 1.82) is 0 Å². The minimum atomic E-state index is -0.525. The molecule has 0 radical (unpaired) electrons. The van der Waals surface area contributed by atoms with Crippen LogP contribution in [0.5, 0.6) is 11.5 Å². The van der Waals surface area contributed by atoms with Gasteiger partial charge in [-0.25, -0.2) is 4.79 Å². The molecule has 0 saturated heterocycles. The Morgan fingerprint density at radius 3 is 2.03 bits per heavy atom. The summed E-state index contributed by atoms with van der Waals surface area (Å²) < 4.78 is 11.3. The van der Waals surface area contributed by atoms with Crippen LogP contribution in [0.2, 0.25) is 15.1 Å². The molecule has 0 aromatic heterocycles. The van der Waals surface area contributed by atoms with Crippen molar-refractivity contribution in [1.82, 2.24) is 0 Å². The summed E-state index contributed by atoms with van der Waals surface area (Å²) in [5.41, 5.74) is 2.44. The molecule has 160 valence electrons. The molecular formula is C25H21Cl3O3. The van der Waals surface area contributed by atoms with Crippen molar-refractivity contribution in [2.24, 2.45) is 5.92 Å². The molecule has 1 aliphatic carbocycles. The number of carbonyl (C=O) groups is 1. The largest absolute Gasteiger partial charge is 0.493 e. The van der Waals surface area contributed by atoms with Gasteiger partial charge in [0.25, 0.3) is 0 Å². The number of halogens is 3. The number of carbonyl (C=O) groups excluding carboxylic acids is 1. The summed E-state index contributed by atoms with van der Waals surface area (Å²) in [4.78, 5) is 12.5. The van der Waals surface area contributed by atoms with E-state index in [1.165, 1.54) is 37.8 Å². The van der Waals surface area contributed by atoms with E-state index in [1.54, 1.807) is 12.1 Å². The lowest BCUT2D eigenvalue weighted by molar-refractivity contribution is 0.0735. The van der Waals surface area contributed by atoms with Crippen molar-refractivity contribution in [3.8, 4) is 22.6 Å². The van der Waals surface area contributed by atoms with Crippen molar-refractivity contribution >= 4 is 40.8 Å². The quantitative estimate of drug-likeness (QED) is 0.205. The molecule has 6 heteroatoms. The third kappa shape index (κ3) is 5.54. The van der Waals surface area contributed by atoms with E-state index in [0.29, 0.717) is 16.5 Å². The minimum Gasteiger partial charge on any atom is -0.493 e. The number of hydrogen-bond acceptors (Lipinski definition) is 3. The topological polar surface area (TPSA) is 35.5 Å². The highest BCUT2D eigenvalue weighted by atomic mass is 35.5. The number of esters is 1. The standard InChI is InChI=1S/C25H21Cl3O3/c26-21-13-23(28)24(14-22(21)27)31-25(29)19-7-5-17(6-8-19)18-9-11-20(12-10-18)30-15-16-3-1-2-4-16/h5-14,16H,1-4,15H2. The lowest BCUT2D eigenvalue weighted by Gasteiger charge is -2.12. The molecule has 3 nitrogen and oxygen atoms in total. The highest BCUT2D eigenvalue weighted by Crippen LogP contribution is 2.34. The average molecular weight is 476 g/mol. The number of rotatable bonds is 6. The zero-order valence-corrected chi connectivity index (χ0v) is 19.0. The van der Waals surface area contributed by atoms with Gasteiger partial charge in [0.15, 0.2) is 5.75 Å². The first-order chi connectivity index (χ1) is 15.0. The lowest BCUT2D eigenvalue weighted by atomic mass is 10.0. The van der Waals surface area contributed by atoms with Gasteiger partial charge in [-0.05, 0) is 60.2 Å². The third-order valence-electron chi connectivity index (χ3n) is 5.45. The molecule has 0 atom stereocenters. The van der Waals surface area contributed by atoms with Gasteiger partial charge in [-0.1, -0.05) is 71.9 Å². The van der Waals surface area contributed by atoms with Gasteiger partial charge in [-0.2, -0.15) is 0 Å². The van der Waals surface area contributed by atoms with E-state index in [0.717, 1.165) is 23.5 Å². The van der Waals surface area contributed by atoms with Crippen LogP contribution < -0.4 is 9.47 Å². The molecule has 0 bridgehead atoms. The van der Waals surface area contributed by atoms with E-state index in [2.05, 4.69) is 0 Å². The van der Waals surface area contributed by atoms with Gasteiger partial charge >= 0.3 is 5.97 Å². The van der Waals surface area contributed by atoms with Crippen LogP contribution in [0, 0.1) is 5.92 Å². The number of hydrogen-bond donors (Lipinski definition) is 0. The second-order valence-electron chi connectivity index (χ2n) is 7.65. The second kappa shape index (κ2) is 9.95. The summed E-state index contributed by atoms with van der Waals surface area (Å²) in [5.74, 6) is 1.21. The van der Waals surface area contributed by atoms with Crippen LogP contribution in [0.15, 0.2) is 60.7 Å². The Kier molecular flexibility index (Phi) is 7.06. The smallest absolute Gasteiger partial charge is 0.343 e. The Bertz CT molecular complexity index is 1060. The van der Waals surface area contributed by atoms with Gasteiger partial charge in [0, 0.05) is 6.07 Å². The molecule has 3 aromatic carbocycles. The van der Waals surface area contributed by atoms with Crippen LogP contribution in [0.4, 0.5) is 0 Å². The Balaban J connectivity index is 1.39. The molecule has 1 aliphatic rings. The SMILES string of the molecule is O=C(Oc1cc(Cl)c(Cl)cc1Cl)c1ccc(-c2ccc(OCC3CCCC3)cc2)cc1. The maximum Gasteiger partial charge on any atom is 0.343 e. The Hall–Kier alpha value is -2.20. The van der Waals surface area contributed by atoms with Crippen LogP contribution in [-0.2, 0) is 0 Å². The van der Waals surface area contributed by atoms with E-state index in [4.69, 9.17) is 44.3 Å². The summed E-state index contributed by atoms with van der Waals surface area (Å²) in [7, 11) is 0. The summed E-state index contributed by atoms with van der Waals surface area (Å²) >= 11 is 18.0. The van der Waals surface area contributed by atoms with E-state index >= 15 is 0 Å². The Morgan fingerprint density at radius 1 is 0.806 bits per heavy atom. The number of benzene rings is 3. The van der Waals surface area contributed by atoms with E-state index in [1.807, 2.05) is 36.4 Å². The van der Waals surface area contributed by atoms with Crippen LogP contribution in [0.3, 0.4) is 0 Å². The first-order valence-electron chi connectivity index (χ1n) is 10.2. The molecule has 3 aromatic rings. The van der Waals surface area contributed by atoms with Crippen molar-refractivity contribution < 1.29 is 14.3 Å². The van der Waals surface area contributed by atoms with Gasteiger partial charge in [0.2, 0.25) is 0 Å². The molecule has 0 amide bonds. The molecule has 4 rings (SSSR count). The molecule has 0 unspecified atom stereocenters. The van der Waals surface area contributed by atoms with Crippen LogP contribution in [0.25, 0.3) is 11.1 Å². The highest BCUT2D eigenvalue weighted by Gasteiger charge is 2.16. The van der Waals surface area contributed by atoms with Gasteiger partial charge in [-0.3, -0.25) is 0 Å². The van der Waals surface area contributed by atoms with Crippen molar-refractivity contribution in [3.63, 3.8) is 0 Å². The normalized spacial score (nSPS) is 13.9. The van der Waals surface area contributed by atoms with Crippen LogP contribution in [-0.4, -0.2) is 12.6 Å². The zero-order valence-electron chi connectivity index (χ0n) is 16.7. The summed E-state index contributed by atoms with van der Waals surface area (Å²) in [6, 6.07) is 18.1. The van der Waals surface area contributed by atoms with Gasteiger partial charge in [0.1, 0.15) is 5.75 Å². The average Bonchev–Trinajstić information content (AvgIpc) is 3.30. The summed E-state index contributed by atoms with van der Waals surface area (Å²) in [5, 5.41) is 0.778. The minimum absolute atomic E-state index is 0.165. The molecule has 0 spiro atoms. The maximum absolute atomic E-state index is 12.5. The molecular weight excluding hydrogens is 455 g/mol. The first kappa shape index (κ1) is 22.0. The van der Waals surface area contributed by atoms with Crippen LogP contribution in [0.1, 0.15) is 36.0 Å². The lowest BCUT2D eigenvalue weighted by Crippen LogP contribution is -2.08. The molecule has 1 fully saturated rings.